The Bertz CT molecular complexity index is 1510. The highest BCUT2D eigenvalue weighted by atomic mass is 79.9. The molecule has 1 atom stereocenters. The van der Waals surface area contributed by atoms with E-state index < -0.39 is 62.9 Å². The van der Waals surface area contributed by atoms with Gasteiger partial charge in [0.25, 0.3) is 5.56 Å². The molecule has 0 aliphatic heterocycles. The summed E-state index contributed by atoms with van der Waals surface area (Å²) in [5, 5.41) is 0. The molecular formula is C23H21BrF5N3O4S. The molecule has 1 amide bonds. The molecule has 200 valence electrons. The number of hydrogen-bond donors (Lipinski definition) is 0. The molecule has 1 aromatic carbocycles. The highest BCUT2D eigenvalue weighted by molar-refractivity contribution is 9.10. The van der Waals surface area contributed by atoms with Gasteiger partial charge in [-0.3, -0.25) is 14.0 Å². The molecule has 0 aliphatic carbocycles. The van der Waals surface area contributed by atoms with Crippen LogP contribution in [0.2, 0.25) is 0 Å². The number of hydrogen-bond acceptors (Lipinski definition) is 5. The Labute approximate surface area is 217 Å². The van der Waals surface area contributed by atoms with E-state index in [0.29, 0.717) is 12.1 Å². The van der Waals surface area contributed by atoms with Crippen molar-refractivity contribution < 1.29 is 35.2 Å². The Balaban J connectivity index is 2.03. The molecule has 2 aromatic heterocycles. The third-order valence-electron chi connectivity index (χ3n) is 5.72. The number of sulfone groups is 1. The Morgan fingerprint density at radius 2 is 1.86 bits per heavy atom. The summed E-state index contributed by atoms with van der Waals surface area (Å²) in [6.45, 7) is 2.54. The molecule has 0 saturated carbocycles. The third kappa shape index (κ3) is 6.53. The van der Waals surface area contributed by atoms with Crippen LogP contribution in [0.25, 0.3) is 5.65 Å². The Morgan fingerprint density at radius 3 is 2.49 bits per heavy atom. The van der Waals surface area contributed by atoms with Gasteiger partial charge in [0.1, 0.15) is 21.8 Å². The van der Waals surface area contributed by atoms with E-state index in [2.05, 4.69) is 20.9 Å². The van der Waals surface area contributed by atoms with Crippen LogP contribution in [0.4, 0.5) is 22.0 Å². The maximum Gasteiger partial charge on any atom is 0.419 e. The van der Waals surface area contributed by atoms with Gasteiger partial charge in [-0.1, -0.05) is 13.0 Å². The summed E-state index contributed by atoms with van der Waals surface area (Å²) in [5.41, 5.74) is -2.28. The van der Waals surface area contributed by atoms with Gasteiger partial charge in [-0.05, 0) is 52.7 Å². The zero-order chi connectivity index (χ0) is 27.7. The van der Waals surface area contributed by atoms with E-state index in [0.717, 1.165) is 27.6 Å². The number of amides is 1. The zero-order valence-corrected chi connectivity index (χ0v) is 21.9. The average Bonchev–Trinajstić information content (AvgIpc) is 2.82. The van der Waals surface area contributed by atoms with Gasteiger partial charge in [0.15, 0.2) is 9.84 Å². The van der Waals surface area contributed by atoms with E-state index in [1.165, 1.54) is 19.9 Å². The average molecular weight is 610 g/mol. The standard InChI is InChI=1S/C23H21BrF5N3O4S/c1-3-37(35,36)9-8-31(19(33)11-14-4-6-17(26)16(10-14)23(27,28)29)13(2)21-20(24)22(34)32-12-15(25)5-7-18(32)30-21/h4-7,10,12-13H,3,8-9,11H2,1-2H3. The summed E-state index contributed by atoms with van der Waals surface area (Å²) in [7, 11) is -3.56. The van der Waals surface area contributed by atoms with Crippen LogP contribution in [0, 0.1) is 11.6 Å². The van der Waals surface area contributed by atoms with Crippen LogP contribution < -0.4 is 5.56 Å². The summed E-state index contributed by atoms with van der Waals surface area (Å²) in [6, 6.07) is 3.45. The van der Waals surface area contributed by atoms with Gasteiger partial charge in [-0.15, -0.1) is 0 Å². The fourth-order valence-electron chi connectivity index (χ4n) is 3.62. The second kappa shape index (κ2) is 10.9. The van der Waals surface area contributed by atoms with Gasteiger partial charge in [0.05, 0.1) is 29.5 Å². The first-order valence-corrected chi connectivity index (χ1v) is 13.5. The summed E-state index contributed by atoms with van der Waals surface area (Å²) >= 11 is 3.11. The normalized spacial score (nSPS) is 13.1. The van der Waals surface area contributed by atoms with Crippen LogP contribution in [0.3, 0.4) is 0 Å². The predicted octanol–water partition coefficient (Wildman–Crippen LogP) is 4.32. The van der Waals surface area contributed by atoms with Crippen LogP contribution in [0.1, 0.15) is 36.7 Å². The van der Waals surface area contributed by atoms with Crippen molar-refractivity contribution in [2.24, 2.45) is 0 Å². The molecule has 7 nitrogen and oxygen atoms in total. The highest BCUT2D eigenvalue weighted by Gasteiger charge is 2.35. The van der Waals surface area contributed by atoms with E-state index in [4.69, 9.17) is 0 Å². The number of benzene rings is 1. The number of carbonyl (C=O) groups is 1. The van der Waals surface area contributed by atoms with Crippen LogP contribution >= 0.6 is 15.9 Å². The van der Waals surface area contributed by atoms with Crippen LogP contribution in [-0.4, -0.2) is 46.7 Å². The minimum Gasteiger partial charge on any atom is -0.333 e. The fourth-order valence-corrected chi connectivity index (χ4v) is 5.00. The van der Waals surface area contributed by atoms with E-state index in [1.54, 1.807) is 0 Å². The van der Waals surface area contributed by atoms with Gasteiger partial charge in [-0.25, -0.2) is 22.2 Å². The molecule has 1 unspecified atom stereocenters. The lowest BCUT2D eigenvalue weighted by Gasteiger charge is -2.30. The Morgan fingerprint density at radius 1 is 1.19 bits per heavy atom. The summed E-state index contributed by atoms with van der Waals surface area (Å²) in [4.78, 5) is 31.4. The second-order valence-corrected chi connectivity index (χ2v) is 11.4. The van der Waals surface area contributed by atoms with Crippen LogP contribution in [-0.2, 0) is 27.2 Å². The molecule has 0 N–H and O–H groups in total. The van der Waals surface area contributed by atoms with Crippen molar-refractivity contribution in [2.75, 3.05) is 18.1 Å². The summed E-state index contributed by atoms with van der Waals surface area (Å²) in [6.07, 6.45) is -4.66. The lowest BCUT2D eigenvalue weighted by atomic mass is 10.1. The quantitative estimate of drug-likeness (QED) is 0.355. The molecule has 3 aromatic rings. The van der Waals surface area contributed by atoms with Gasteiger partial charge in [0.2, 0.25) is 5.91 Å². The first-order valence-electron chi connectivity index (χ1n) is 10.9. The van der Waals surface area contributed by atoms with Gasteiger partial charge >= 0.3 is 6.18 Å². The van der Waals surface area contributed by atoms with Gasteiger partial charge < -0.3 is 4.90 Å². The van der Waals surface area contributed by atoms with Crippen molar-refractivity contribution in [3.05, 3.63) is 79.8 Å². The number of rotatable bonds is 8. The first-order chi connectivity index (χ1) is 17.1. The summed E-state index contributed by atoms with van der Waals surface area (Å²) in [5.74, 6) is -3.62. The number of aromatic nitrogens is 2. The second-order valence-electron chi connectivity index (χ2n) is 8.18. The first kappa shape index (κ1) is 28.7. The number of fused-ring (bicyclic) bond motifs is 1. The monoisotopic (exact) mass is 609 g/mol. The molecule has 0 aliphatic rings. The molecule has 0 bridgehead atoms. The molecular weight excluding hydrogens is 589 g/mol. The molecule has 0 saturated heterocycles. The van der Waals surface area contributed by atoms with E-state index in [-0.39, 0.29) is 33.7 Å². The number of carbonyl (C=O) groups excluding carboxylic acids is 1. The Hall–Kier alpha value is -2.87. The SMILES string of the molecule is CCS(=O)(=O)CCN(C(=O)Cc1ccc(F)c(C(F)(F)F)c1)C(C)c1nc2ccc(F)cn2c(=O)c1Br. The molecule has 14 heteroatoms. The predicted molar refractivity (Wildman–Crippen MR) is 129 cm³/mol. The molecule has 0 spiro atoms. The zero-order valence-electron chi connectivity index (χ0n) is 19.5. The minimum atomic E-state index is -4.98. The topological polar surface area (TPSA) is 88.8 Å². The lowest BCUT2D eigenvalue weighted by Crippen LogP contribution is -2.39. The minimum absolute atomic E-state index is 0.0361. The van der Waals surface area contributed by atoms with Gasteiger partial charge in [-0.2, -0.15) is 13.2 Å². The lowest BCUT2D eigenvalue weighted by molar-refractivity contribution is -0.140. The summed E-state index contributed by atoms with van der Waals surface area (Å²) < 4.78 is 91.8. The molecule has 0 fully saturated rings. The van der Waals surface area contributed by atoms with Crippen molar-refractivity contribution in [1.82, 2.24) is 14.3 Å². The number of pyridine rings is 1. The maximum atomic E-state index is 13.7. The van der Waals surface area contributed by atoms with Gasteiger partial charge in [0, 0.05) is 18.5 Å². The number of halogens is 6. The van der Waals surface area contributed by atoms with Crippen molar-refractivity contribution in [1.29, 1.82) is 0 Å². The third-order valence-corrected chi connectivity index (χ3v) is 8.15. The fraction of sp³-hybridized carbons (Fsp3) is 0.348. The number of nitrogens with zero attached hydrogens (tertiary/aromatic N) is 3. The highest BCUT2D eigenvalue weighted by Crippen LogP contribution is 2.32. The van der Waals surface area contributed by atoms with E-state index >= 15 is 0 Å². The van der Waals surface area contributed by atoms with Crippen LogP contribution in [0.15, 0.2) is 45.8 Å². The van der Waals surface area contributed by atoms with E-state index in [1.807, 2.05) is 0 Å². The molecule has 37 heavy (non-hydrogen) atoms. The van der Waals surface area contributed by atoms with Crippen LogP contribution in [0.5, 0.6) is 0 Å². The molecule has 2 heterocycles. The van der Waals surface area contributed by atoms with E-state index in [9.17, 15) is 40.0 Å². The smallest absolute Gasteiger partial charge is 0.333 e. The van der Waals surface area contributed by atoms with Crippen molar-refractivity contribution in [3.8, 4) is 0 Å². The van der Waals surface area contributed by atoms with Crippen molar-refractivity contribution in [3.63, 3.8) is 0 Å². The van der Waals surface area contributed by atoms with Crippen molar-refractivity contribution >= 4 is 37.3 Å². The number of alkyl halides is 3. The van der Waals surface area contributed by atoms with Crippen molar-refractivity contribution in [2.45, 2.75) is 32.5 Å². The Kier molecular flexibility index (Phi) is 8.42. The largest absolute Gasteiger partial charge is 0.419 e. The molecule has 3 rings (SSSR count). The maximum absolute atomic E-state index is 13.7. The molecule has 0 radical (unpaired) electrons.